The second kappa shape index (κ2) is 9.31. The van der Waals surface area contributed by atoms with Gasteiger partial charge in [0.15, 0.2) is 0 Å². The van der Waals surface area contributed by atoms with Crippen LogP contribution in [-0.4, -0.2) is 80.2 Å². The summed E-state index contributed by atoms with van der Waals surface area (Å²) in [6.07, 6.45) is 4.56. The zero-order valence-corrected chi connectivity index (χ0v) is 16.4. The Morgan fingerprint density at radius 3 is 2.50 bits per heavy atom. The van der Waals surface area contributed by atoms with Crippen LogP contribution in [0.4, 0.5) is 5.95 Å². The Morgan fingerprint density at radius 1 is 1.20 bits per heavy atom. The molecule has 0 aliphatic carbocycles. The Labute approximate surface area is 171 Å². The number of hydrogen-bond acceptors (Lipinski definition) is 8. The molecule has 160 valence electrons. The quantitative estimate of drug-likeness (QED) is 0.465. The summed E-state index contributed by atoms with van der Waals surface area (Å²) in [5.41, 5.74) is -0.982. The largest absolute Gasteiger partial charge is 0.394 e. The fourth-order valence-corrected chi connectivity index (χ4v) is 3.12. The van der Waals surface area contributed by atoms with E-state index in [9.17, 15) is 24.3 Å². The van der Waals surface area contributed by atoms with E-state index in [1.54, 1.807) is 23.4 Å². The van der Waals surface area contributed by atoms with Gasteiger partial charge in [0.05, 0.1) is 6.61 Å². The van der Waals surface area contributed by atoms with Crippen molar-refractivity contribution < 1.29 is 14.7 Å². The van der Waals surface area contributed by atoms with E-state index in [-0.39, 0.29) is 12.1 Å². The topological polar surface area (TPSA) is 154 Å². The third kappa shape index (κ3) is 4.89. The molecule has 0 aromatic carbocycles. The molecule has 0 bridgehead atoms. The first-order valence-electron chi connectivity index (χ1n) is 9.40. The highest BCUT2D eigenvalue weighted by atomic mass is 16.3. The van der Waals surface area contributed by atoms with Gasteiger partial charge in [-0.15, -0.1) is 0 Å². The number of aromatic nitrogens is 4. The Kier molecular flexibility index (Phi) is 6.57. The Morgan fingerprint density at radius 2 is 1.87 bits per heavy atom. The van der Waals surface area contributed by atoms with Crippen molar-refractivity contribution in [1.29, 1.82) is 0 Å². The van der Waals surface area contributed by atoms with Gasteiger partial charge in [0.2, 0.25) is 17.8 Å². The van der Waals surface area contributed by atoms with Gasteiger partial charge >= 0.3 is 5.69 Å². The molecule has 12 nitrogen and oxygen atoms in total. The van der Waals surface area contributed by atoms with Crippen LogP contribution >= 0.6 is 0 Å². The number of nitrogens with zero attached hydrogens (tertiary/aromatic N) is 5. The van der Waals surface area contributed by atoms with Crippen LogP contribution in [0.2, 0.25) is 0 Å². The molecule has 30 heavy (non-hydrogen) atoms. The van der Waals surface area contributed by atoms with Crippen molar-refractivity contribution in [3.05, 3.63) is 51.1 Å². The van der Waals surface area contributed by atoms with Crippen LogP contribution in [0.3, 0.4) is 0 Å². The van der Waals surface area contributed by atoms with E-state index in [4.69, 9.17) is 0 Å². The monoisotopic (exact) mass is 417 g/mol. The van der Waals surface area contributed by atoms with Crippen molar-refractivity contribution in [2.75, 3.05) is 37.7 Å². The van der Waals surface area contributed by atoms with E-state index in [0.717, 1.165) is 4.57 Å². The highest BCUT2D eigenvalue weighted by Crippen LogP contribution is 2.10. The molecule has 0 saturated carbocycles. The summed E-state index contributed by atoms with van der Waals surface area (Å²) >= 11 is 0. The van der Waals surface area contributed by atoms with E-state index >= 15 is 0 Å². The number of H-pyrrole nitrogens is 1. The molecule has 1 aliphatic rings. The summed E-state index contributed by atoms with van der Waals surface area (Å²) in [6.45, 7) is 2.37. The lowest BCUT2D eigenvalue weighted by molar-refractivity contribution is -0.138. The van der Waals surface area contributed by atoms with Crippen molar-refractivity contribution in [3.8, 4) is 0 Å². The van der Waals surface area contributed by atoms with Crippen molar-refractivity contribution in [2.45, 2.75) is 19.5 Å². The Hall–Kier alpha value is -3.54. The number of aliphatic hydroxyl groups excluding tert-OH is 1. The molecule has 2 amide bonds. The number of carbonyl (C=O) groups is 2. The maximum atomic E-state index is 12.7. The summed E-state index contributed by atoms with van der Waals surface area (Å²) in [5, 5.41) is 12.0. The van der Waals surface area contributed by atoms with Crippen LogP contribution in [0.1, 0.15) is 5.56 Å². The third-order valence-corrected chi connectivity index (χ3v) is 4.75. The number of rotatable bonds is 6. The molecule has 3 N–H and O–H groups in total. The molecule has 1 fully saturated rings. The van der Waals surface area contributed by atoms with Gasteiger partial charge < -0.3 is 20.2 Å². The summed E-state index contributed by atoms with van der Waals surface area (Å²) in [6, 6.07) is 0.594. The second-order valence-corrected chi connectivity index (χ2v) is 6.86. The molecule has 1 aliphatic heterocycles. The molecule has 0 radical (unpaired) electrons. The molecule has 0 unspecified atom stereocenters. The molecule has 12 heteroatoms. The summed E-state index contributed by atoms with van der Waals surface area (Å²) in [4.78, 5) is 62.2. The predicted octanol–water partition coefficient (Wildman–Crippen LogP) is -2.54. The molecule has 1 saturated heterocycles. The lowest BCUT2D eigenvalue weighted by Gasteiger charge is -2.36. The number of aromatic amines is 1. The van der Waals surface area contributed by atoms with E-state index < -0.39 is 35.7 Å². The Bertz CT molecular complexity index is 1010. The number of aliphatic hydroxyl groups is 1. The molecule has 1 atom stereocenters. The van der Waals surface area contributed by atoms with Crippen LogP contribution in [0.25, 0.3) is 0 Å². The smallest absolute Gasteiger partial charge is 0.328 e. The van der Waals surface area contributed by atoms with Crippen molar-refractivity contribution in [1.82, 2.24) is 29.7 Å². The van der Waals surface area contributed by atoms with Gasteiger partial charge in [-0.2, -0.15) is 0 Å². The van der Waals surface area contributed by atoms with Crippen molar-refractivity contribution in [2.24, 2.45) is 0 Å². The summed E-state index contributed by atoms with van der Waals surface area (Å²) in [5.74, 6) is -0.463. The maximum absolute atomic E-state index is 12.7. The van der Waals surface area contributed by atoms with Gasteiger partial charge in [-0.1, -0.05) is 0 Å². The first-order valence-corrected chi connectivity index (χ1v) is 9.40. The molecular weight excluding hydrogens is 394 g/mol. The van der Waals surface area contributed by atoms with Crippen molar-refractivity contribution in [3.63, 3.8) is 0 Å². The first kappa shape index (κ1) is 21.2. The average molecular weight is 417 g/mol. The number of hydrogen-bond donors (Lipinski definition) is 3. The fraction of sp³-hybridized carbons (Fsp3) is 0.444. The van der Waals surface area contributed by atoms with E-state index in [2.05, 4.69) is 20.3 Å². The van der Waals surface area contributed by atoms with Gasteiger partial charge in [-0.05, 0) is 13.0 Å². The molecule has 2 aromatic heterocycles. The highest BCUT2D eigenvalue weighted by Gasteiger charge is 2.29. The number of amides is 2. The highest BCUT2D eigenvalue weighted by molar-refractivity contribution is 5.87. The average Bonchev–Trinajstić information content (AvgIpc) is 2.76. The maximum Gasteiger partial charge on any atom is 0.328 e. The standard InChI is InChI=1S/C18H23N7O5/c1-12-9-25(18(30)22-15(12)28)10-14(27)21-13(11-26)16(29)23-5-7-24(8-6-23)17-19-3-2-4-20-17/h2-4,9,13,26H,5-8,10-11H2,1H3,(H,21,27)(H,22,28,30)/t13-/m0/s1. The number of anilines is 1. The lowest BCUT2D eigenvalue weighted by Crippen LogP contribution is -2.56. The number of nitrogens with one attached hydrogen (secondary N) is 2. The van der Waals surface area contributed by atoms with Crippen LogP contribution in [-0.2, 0) is 16.1 Å². The minimum atomic E-state index is -1.13. The van der Waals surface area contributed by atoms with E-state index in [1.165, 1.54) is 13.1 Å². The van der Waals surface area contributed by atoms with Gasteiger partial charge in [-0.25, -0.2) is 14.8 Å². The van der Waals surface area contributed by atoms with Crippen LogP contribution in [0.15, 0.2) is 34.2 Å². The molecule has 0 spiro atoms. The SMILES string of the molecule is Cc1cn(CC(=O)N[C@@H](CO)C(=O)N2CCN(c3ncccn3)CC2)c(=O)[nH]c1=O. The lowest BCUT2D eigenvalue weighted by atomic mass is 10.2. The van der Waals surface area contributed by atoms with Crippen LogP contribution in [0.5, 0.6) is 0 Å². The third-order valence-electron chi connectivity index (χ3n) is 4.75. The zero-order valence-electron chi connectivity index (χ0n) is 16.4. The van der Waals surface area contributed by atoms with Gasteiger partial charge in [0.25, 0.3) is 5.56 Å². The van der Waals surface area contributed by atoms with Crippen LogP contribution < -0.4 is 21.5 Å². The molecule has 3 heterocycles. The van der Waals surface area contributed by atoms with E-state index in [0.29, 0.717) is 32.1 Å². The molecule has 2 aromatic rings. The zero-order chi connectivity index (χ0) is 21.7. The minimum absolute atomic E-state index is 0.275. The van der Waals surface area contributed by atoms with Gasteiger partial charge in [0, 0.05) is 50.3 Å². The van der Waals surface area contributed by atoms with Gasteiger partial charge in [-0.3, -0.25) is 23.9 Å². The van der Waals surface area contributed by atoms with Crippen molar-refractivity contribution >= 4 is 17.8 Å². The van der Waals surface area contributed by atoms with Crippen LogP contribution in [0, 0.1) is 6.92 Å². The molecular formula is C18H23N7O5. The normalized spacial score (nSPS) is 15.0. The fourth-order valence-electron chi connectivity index (χ4n) is 3.12. The number of carbonyl (C=O) groups excluding carboxylic acids is 2. The van der Waals surface area contributed by atoms with E-state index in [1.807, 2.05) is 4.90 Å². The first-order chi connectivity index (χ1) is 14.4. The second-order valence-electron chi connectivity index (χ2n) is 6.86. The number of aryl methyl sites for hydroxylation is 1. The summed E-state index contributed by atoms with van der Waals surface area (Å²) in [7, 11) is 0. The summed E-state index contributed by atoms with van der Waals surface area (Å²) < 4.78 is 1.03. The minimum Gasteiger partial charge on any atom is -0.394 e. The number of piperazine rings is 1. The Balaban J connectivity index is 1.57. The van der Waals surface area contributed by atoms with Gasteiger partial charge in [0.1, 0.15) is 12.6 Å². The molecule has 3 rings (SSSR count). The predicted molar refractivity (Wildman–Crippen MR) is 106 cm³/mol.